The van der Waals surface area contributed by atoms with E-state index in [4.69, 9.17) is 4.42 Å². The largest absolute Gasteiger partial charge is 0.469 e. The fraction of sp³-hybridized carbons (Fsp3) is 0.412. The molecule has 0 unspecified atom stereocenters. The summed E-state index contributed by atoms with van der Waals surface area (Å²) in [7, 11) is 0. The Bertz CT molecular complexity index is 570. The predicted molar refractivity (Wildman–Crippen MR) is 77.1 cm³/mol. The molecule has 0 aliphatic heterocycles. The summed E-state index contributed by atoms with van der Waals surface area (Å²) in [5, 5.41) is 3.67. The molecule has 100 valence electrons. The lowest BCUT2D eigenvalue weighted by Crippen LogP contribution is -2.24. The number of fused-ring (bicyclic) bond motifs is 1. The summed E-state index contributed by atoms with van der Waals surface area (Å²) in [4.78, 5) is 0. The van der Waals surface area contributed by atoms with Crippen LogP contribution in [0.1, 0.15) is 46.9 Å². The first kappa shape index (κ1) is 12.5. The highest BCUT2D eigenvalue weighted by Gasteiger charge is 2.21. The van der Waals surface area contributed by atoms with Crippen molar-refractivity contribution < 1.29 is 4.42 Å². The van der Waals surface area contributed by atoms with Crippen LogP contribution >= 0.6 is 0 Å². The van der Waals surface area contributed by atoms with E-state index in [2.05, 4.69) is 43.4 Å². The number of aryl methyl sites for hydroxylation is 3. The van der Waals surface area contributed by atoms with Gasteiger partial charge in [-0.1, -0.05) is 18.2 Å². The summed E-state index contributed by atoms with van der Waals surface area (Å²) >= 11 is 0. The standard InChI is InChI=1S/C17H21NO/c1-12-6-7-14(10-13(12)2)11-18-16-4-3-5-17-15(16)8-9-19-17/h6-10,16,18H,3-5,11H2,1-2H3/t16-/m0/s1. The second kappa shape index (κ2) is 5.22. The van der Waals surface area contributed by atoms with Gasteiger partial charge in [0.2, 0.25) is 0 Å². The lowest BCUT2D eigenvalue weighted by molar-refractivity contribution is 0.411. The first-order valence-corrected chi connectivity index (χ1v) is 7.10. The van der Waals surface area contributed by atoms with E-state index in [-0.39, 0.29) is 0 Å². The number of rotatable bonds is 3. The van der Waals surface area contributed by atoms with Gasteiger partial charge in [-0.25, -0.2) is 0 Å². The summed E-state index contributed by atoms with van der Waals surface area (Å²) in [5.74, 6) is 1.17. The Morgan fingerprint density at radius 2 is 2.11 bits per heavy atom. The van der Waals surface area contributed by atoms with E-state index in [9.17, 15) is 0 Å². The minimum absolute atomic E-state index is 0.448. The molecular formula is C17H21NO. The van der Waals surface area contributed by atoms with Gasteiger partial charge in [0.1, 0.15) is 5.76 Å². The number of hydrogen-bond donors (Lipinski definition) is 1. The molecule has 0 saturated carbocycles. The van der Waals surface area contributed by atoms with Crippen LogP contribution in [0.3, 0.4) is 0 Å². The zero-order valence-corrected chi connectivity index (χ0v) is 11.7. The molecule has 1 atom stereocenters. The molecule has 0 bridgehead atoms. The van der Waals surface area contributed by atoms with Gasteiger partial charge >= 0.3 is 0 Å². The lowest BCUT2D eigenvalue weighted by Gasteiger charge is -2.23. The van der Waals surface area contributed by atoms with E-state index < -0.39 is 0 Å². The van der Waals surface area contributed by atoms with Gasteiger partial charge in [0, 0.05) is 24.6 Å². The molecule has 0 amide bonds. The Morgan fingerprint density at radius 3 is 2.95 bits per heavy atom. The Labute approximate surface area is 114 Å². The van der Waals surface area contributed by atoms with E-state index in [1.165, 1.54) is 40.9 Å². The van der Waals surface area contributed by atoms with Crippen molar-refractivity contribution in [3.8, 4) is 0 Å². The van der Waals surface area contributed by atoms with Crippen molar-refractivity contribution in [2.24, 2.45) is 0 Å². The molecule has 1 aliphatic rings. The molecule has 1 aromatic carbocycles. The summed E-state index contributed by atoms with van der Waals surface area (Å²) < 4.78 is 5.53. The number of nitrogens with one attached hydrogen (secondary N) is 1. The van der Waals surface area contributed by atoms with Crippen LogP contribution in [0.15, 0.2) is 34.9 Å². The van der Waals surface area contributed by atoms with Gasteiger partial charge in [0.15, 0.2) is 0 Å². The Hall–Kier alpha value is -1.54. The van der Waals surface area contributed by atoms with Crippen LogP contribution in [-0.4, -0.2) is 0 Å². The summed E-state index contributed by atoms with van der Waals surface area (Å²) in [5.41, 5.74) is 5.44. The third kappa shape index (κ3) is 2.59. The molecule has 0 spiro atoms. The lowest BCUT2D eigenvalue weighted by atomic mass is 9.93. The van der Waals surface area contributed by atoms with Crippen molar-refractivity contribution in [2.45, 2.75) is 45.7 Å². The second-order valence-corrected chi connectivity index (χ2v) is 5.54. The minimum atomic E-state index is 0.448. The molecule has 1 N–H and O–H groups in total. The fourth-order valence-corrected chi connectivity index (χ4v) is 2.85. The molecule has 0 fully saturated rings. The van der Waals surface area contributed by atoms with Crippen molar-refractivity contribution >= 4 is 0 Å². The predicted octanol–water partition coefficient (Wildman–Crippen LogP) is 4.06. The number of benzene rings is 1. The first-order chi connectivity index (χ1) is 9.24. The molecule has 1 heterocycles. The highest BCUT2D eigenvalue weighted by molar-refractivity contribution is 5.30. The first-order valence-electron chi connectivity index (χ1n) is 7.10. The average Bonchev–Trinajstić information content (AvgIpc) is 2.89. The molecule has 2 heteroatoms. The van der Waals surface area contributed by atoms with Crippen molar-refractivity contribution in [1.82, 2.24) is 5.32 Å². The van der Waals surface area contributed by atoms with Crippen molar-refractivity contribution in [1.29, 1.82) is 0 Å². The topological polar surface area (TPSA) is 25.2 Å². The van der Waals surface area contributed by atoms with Crippen LogP contribution < -0.4 is 5.32 Å². The van der Waals surface area contributed by atoms with Gasteiger partial charge in [0.05, 0.1) is 6.26 Å². The summed E-state index contributed by atoms with van der Waals surface area (Å²) in [6, 6.07) is 9.27. The molecule has 2 nitrogen and oxygen atoms in total. The maximum Gasteiger partial charge on any atom is 0.108 e. The molecule has 0 saturated heterocycles. The SMILES string of the molecule is Cc1ccc(CN[C@H]2CCCc3occc32)cc1C. The molecule has 0 radical (unpaired) electrons. The van der Waals surface area contributed by atoms with Gasteiger partial charge < -0.3 is 9.73 Å². The van der Waals surface area contributed by atoms with Crippen molar-refractivity contribution in [3.05, 3.63) is 58.5 Å². The van der Waals surface area contributed by atoms with Crippen molar-refractivity contribution in [3.63, 3.8) is 0 Å². The van der Waals surface area contributed by atoms with Gasteiger partial charge in [-0.2, -0.15) is 0 Å². The average molecular weight is 255 g/mol. The zero-order valence-electron chi connectivity index (χ0n) is 11.7. The Morgan fingerprint density at radius 1 is 1.21 bits per heavy atom. The second-order valence-electron chi connectivity index (χ2n) is 5.54. The maximum absolute atomic E-state index is 5.53. The zero-order chi connectivity index (χ0) is 13.2. The minimum Gasteiger partial charge on any atom is -0.469 e. The van der Waals surface area contributed by atoms with Crippen LogP contribution in [0.4, 0.5) is 0 Å². The third-order valence-electron chi connectivity index (χ3n) is 4.18. The molecule has 1 aliphatic carbocycles. The van der Waals surface area contributed by atoms with Gasteiger partial charge in [-0.3, -0.25) is 0 Å². The van der Waals surface area contributed by atoms with Gasteiger partial charge in [0.25, 0.3) is 0 Å². The normalized spacial score (nSPS) is 18.3. The maximum atomic E-state index is 5.53. The molecular weight excluding hydrogens is 234 g/mol. The molecule has 3 rings (SSSR count). The van der Waals surface area contributed by atoms with Crippen LogP contribution in [0.5, 0.6) is 0 Å². The van der Waals surface area contributed by atoms with Crippen molar-refractivity contribution in [2.75, 3.05) is 0 Å². The molecule has 2 aromatic rings. The van der Waals surface area contributed by atoms with E-state index in [1.807, 2.05) is 6.26 Å². The van der Waals surface area contributed by atoms with Crippen LogP contribution in [0, 0.1) is 13.8 Å². The van der Waals surface area contributed by atoms with E-state index in [0.29, 0.717) is 6.04 Å². The molecule has 19 heavy (non-hydrogen) atoms. The smallest absolute Gasteiger partial charge is 0.108 e. The Balaban J connectivity index is 1.69. The quantitative estimate of drug-likeness (QED) is 0.894. The van der Waals surface area contributed by atoms with E-state index in [0.717, 1.165) is 13.0 Å². The van der Waals surface area contributed by atoms with Crippen LogP contribution in [-0.2, 0) is 13.0 Å². The monoisotopic (exact) mass is 255 g/mol. The van der Waals surface area contributed by atoms with Gasteiger partial charge in [-0.15, -0.1) is 0 Å². The summed E-state index contributed by atoms with van der Waals surface area (Å²) in [6.45, 7) is 5.26. The number of furan rings is 1. The van der Waals surface area contributed by atoms with E-state index >= 15 is 0 Å². The fourth-order valence-electron chi connectivity index (χ4n) is 2.85. The highest BCUT2D eigenvalue weighted by Crippen LogP contribution is 2.30. The van der Waals surface area contributed by atoms with Gasteiger partial charge in [-0.05, 0) is 49.4 Å². The number of hydrogen-bond acceptors (Lipinski definition) is 2. The van der Waals surface area contributed by atoms with Crippen LogP contribution in [0.2, 0.25) is 0 Å². The highest BCUT2D eigenvalue weighted by atomic mass is 16.3. The summed E-state index contributed by atoms with van der Waals surface area (Å²) in [6.07, 6.45) is 5.33. The van der Waals surface area contributed by atoms with Crippen LogP contribution in [0.25, 0.3) is 0 Å². The van der Waals surface area contributed by atoms with E-state index in [1.54, 1.807) is 0 Å². The Kier molecular flexibility index (Phi) is 3.43. The third-order valence-corrected chi connectivity index (χ3v) is 4.18. The molecule has 1 aromatic heterocycles.